The van der Waals surface area contributed by atoms with Crippen LogP contribution in [0.25, 0.3) is 0 Å². The van der Waals surface area contributed by atoms with Gasteiger partial charge in [-0.05, 0) is 37.1 Å². The Morgan fingerprint density at radius 2 is 2.00 bits per heavy atom. The first-order valence-corrected chi connectivity index (χ1v) is 8.96. The largest absolute Gasteiger partial charge is 0.345 e. The second-order valence-corrected chi connectivity index (χ2v) is 7.30. The molecule has 1 fully saturated rings. The van der Waals surface area contributed by atoms with E-state index in [-0.39, 0.29) is 12.1 Å². The molecule has 0 atom stereocenters. The maximum Gasteiger partial charge on any atom is 0.194 e. The van der Waals surface area contributed by atoms with Crippen molar-refractivity contribution in [2.75, 3.05) is 13.2 Å². The molecule has 1 aliphatic rings. The second kappa shape index (κ2) is 7.14. The summed E-state index contributed by atoms with van der Waals surface area (Å²) in [5.41, 5.74) is 2.45. The highest BCUT2D eigenvalue weighted by molar-refractivity contribution is 7.12. The predicted molar refractivity (Wildman–Crippen MR) is 92.6 cm³/mol. The van der Waals surface area contributed by atoms with E-state index in [1.54, 1.807) is 17.4 Å². The number of benzene rings is 1. The van der Waals surface area contributed by atoms with Gasteiger partial charge in [-0.25, -0.2) is 0 Å². The molecule has 0 N–H and O–H groups in total. The van der Waals surface area contributed by atoms with Crippen molar-refractivity contribution in [3.05, 3.63) is 55.7 Å². The molecule has 0 bridgehead atoms. The average Bonchev–Trinajstić information content (AvgIpc) is 3.18. The van der Waals surface area contributed by atoms with E-state index in [9.17, 15) is 4.79 Å². The summed E-state index contributed by atoms with van der Waals surface area (Å²) >= 11 is 7.66. The zero-order valence-corrected chi connectivity index (χ0v) is 14.8. The van der Waals surface area contributed by atoms with Crippen LogP contribution >= 0.6 is 22.9 Å². The molecule has 2 aromatic rings. The van der Waals surface area contributed by atoms with Crippen LogP contribution in [0.15, 0.2) is 24.3 Å². The van der Waals surface area contributed by atoms with E-state index in [1.807, 2.05) is 25.1 Å². The van der Waals surface area contributed by atoms with Crippen LogP contribution in [-0.4, -0.2) is 19.0 Å². The Kier molecular flexibility index (Phi) is 5.17. The van der Waals surface area contributed by atoms with Gasteiger partial charge in [0.2, 0.25) is 0 Å². The Morgan fingerprint density at radius 1 is 1.26 bits per heavy atom. The van der Waals surface area contributed by atoms with E-state index in [2.05, 4.69) is 6.92 Å². The smallest absolute Gasteiger partial charge is 0.194 e. The normalized spacial score (nSPS) is 15.3. The van der Waals surface area contributed by atoms with Crippen LogP contribution in [0, 0.1) is 6.92 Å². The first kappa shape index (κ1) is 16.7. The molecular weight excluding hydrogens is 332 g/mol. The third kappa shape index (κ3) is 3.50. The highest BCUT2D eigenvalue weighted by Crippen LogP contribution is 2.33. The molecule has 0 unspecified atom stereocenters. The van der Waals surface area contributed by atoms with Gasteiger partial charge in [-0.2, -0.15) is 0 Å². The number of hydrogen-bond acceptors (Lipinski definition) is 4. The lowest BCUT2D eigenvalue weighted by molar-refractivity contribution is -0.0413. The van der Waals surface area contributed by atoms with Crippen molar-refractivity contribution in [1.82, 2.24) is 0 Å². The lowest BCUT2D eigenvalue weighted by Crippen LogP contribution is -2.06. The van der Waals surface area contributed by atoms with Gasteiger partial charge in [0.05, 0.1) is 18.1 Å². The van der Waals surface area contributed by atoms with E-state index < -0.39 is 0 Å². The fourth-order valence-corrected chi connectivity index (χ4v) is 3.96. The summed E-state index contributed by atoms with van der Waals surface area (Å²) in [5.74, 6) is 0.0222. The van der Waals surface area contributed by atoms with Gasteiger partial charge in [0.1, 0.15) is 0 Å². The number of halogens is 1. The molecule has 5 heteroatoms. The molecule has 23 heavy (non-hydrogen) atoms. The second-order valence-electron chi connectivity index (χ2n) is 5.57. The minimum Gasteiger partial charge on any atom is -0.345 e. The number of thiophene rings is 1. The molecule has 3 nitrogen and oxygen atoms in total. The van der Waals surface area contributed by atoms with Gasteiger partial charge in [0.15, 0.2) is 12.1 Å². The van der Waals surface area contributed by atoms with Crippen molar-refractivity contribution < 1.29 is 14.3 Å². The summed E-state index contributed by atoms with van der Waals surface area (Å²) in [6.07, 6.45) is 1.51. The standard InChI is InChI=1S/C18H19ClO3S/c1-3-4-12-5-6-13(19)9-15(12)17(20)14-10-16(23-11(14)2)18-21-7-8-22-18/h5-6,9-10,18H,3-4,7-8H2,1-2H3. The quantitative estimate of drug-likeness (QED) is 0.716. The van der Waals surface area contributed by atoms with Crippen molar-refractivity contribution in [2.45, 2.75) is 33.0 Å². The fourth-order valence-electron chi connectivity index (χ4n) is 2.76. The van der Waals surface area contributed by atoms with E-state index in [0.717, 1.165) is 28.2 Å². The average molecular weight is 351 g/mol. The lowest BCUT2D eigenvalue weighted by atomic mass is 9.96. The first-order chi connectivity index (χ1) is 11.1. The SMILES string of the molecule is CCCc1ccc(Cl)cc1C(=O)c1cc(C2OCCO2)sc1C. The summed E-state index contributed by atoms with van der Waals surface area (Å²) in [6.45, 7) is 5.26. The van der Waals surface area contributed by atoms with Crippen molar-refractivity contribution in [3.63, 3.8) is 0 Å². The molecule has 1 aromatic carbocycles. The third-order valence-corrected chi connectivity index (χ3v) is 5.18. The number of carbonyl (C=O) groups is 1. The predicted octanol–water partition coefficient (Wildman–Crippen LogP) is 4.94. The summed E-state index contributed by atoms with van der Waals surface area (Å²) in [7, 11) is 0. The molecule has 0 amide bonds. The molecule has 1 saturated heterocycles. The van der Waals surface area contributed by atoms with Crippen LogP contribution in [0.3, 0.4) is 0 Å². The molecule has 1 aliphatic heterocycles. The maximum absolute atomic E-state index is 13.0. The number of rotatable bonds is 5. The third-order valence-electron chi connectivity index (χ3n) is 3.87. The van der Waals surface area contributed by atoms with E-state index in [0.29, 0.717) is 29.4 Å². The van der Waals surface area contributed by atoms with Gasteiger partial charge in [-0.3, -0.25) is 4.79 Å². The summed E-state index contributed by atoms with van der Waals surface area (Å²) in [5, 5.41) is 0.587. The van der Waals surface area contributed by atoms with E-state index in [1.165, 1.54) is 0 Å². The van der Waals surface area contributed by atoms with Gasteiger partial charge in [-0.1, -0.05) is 31.0 Å². The number of carbonyl (C=O) groups excluding carboxylic acids is 1. The number of aryl methyl sites for hydroxylation is 2. The minimum absolute atomic E-state index is 0.0222. The van der Waals surface area contributed by atoms with Gasteiger partial charge < -0.3 is 9.47 Å². The van der Waals surface area contributed by atoms with E-state index >= 15 is 0 Å². The topological polar surface area (TPSA) is 35.5 Å². The maximum atomic E-state index is 13.0. The molecule has 0 aliphatic carbocycles. The van der Waals surface area contributed by atoms with Gasteiger partial charge in [0, 0.05) is 21.0 Å². The van der Waals surface area contributed by atoms with Crippen LogP contribution in [0.1, 0.15) is 50.9 Å². The zero-order chi connectivity index (χ0) is 16.4. The van der Waals surface area contributed by atoms with Crippen LogP contribution < -0.4 is 0 Å². The molecule has 1 aromatic heterocycles. The lowest BCUT2D eigenvalue weighted by Gasteiger charge is -2.08. The van der Waals surface area contributed by atoms with Crippen molar-refractivity contribution in [2.24, 2.45) is 0 Å². The van der Waals surface area contributed by atoms with Crippen LogP contribution in [0.2, 0.25) is 5.02 Å². The van der Waals surface area contributed by atoms with Gasteiger partial charge in [-0.15, -0.1) is 11.3 Å². The van der Waals surface area contributed by atoms with Gasteiger partial charge >= 0.3 is 0 Å². The monoisotopic (exact) mass is 350 g/mol. The summed E-state index contributed by atoms with van der Waals surface area (Å²) in [6, 6.07) is 7.46. The summed E-state index contributed by atoms with van der Waals surface area (Å²) < 4.78 is 11.1. The molecule has 2 heterocycles. The molecule has 122 valence electrons. The molecule has 0 spiro atoms. The molecule has 0 saturated carbocycles. The van der Waals surface area contributed by atoms with Crippen LogP contribution in [0.5, 0.6) is 0 Å². The Balaban J connectivity index is 1.95. The Morgan fingerprint density at radius 3 is 2.70 bits per heavy atom. The molecule has 3 rings (SSSR count). The van der Waals surface area contributed by atoms with Crippen molar-refractivity contribution in [3.8, 4) is 0 Å². The number of hydrogen-bond donors (Lipinski definition) is 0. The number of ether oxygens (including phenoxy) is 2. The minimum atomic E-state index is -0.338. The van der Waals surface area contributed by atoms with Crippen LogP contribution in [-0.2, 0) is 15.9 Å². The van der Waals surface area contributed by atoms with Crippen molar-refractivity contribution in [1.29, 1.82) is 0 Å². The van der Waals surface area contributed by atoms with Crippen LogP contribution in [0.4, 0.5) is 0 Å². The highest BCUT2D eigenvalue weighted by atomic mass is 35.5. The van der Waals surface area contributed by atoms with Crippen molar-refractivity contribution >= 4 is 28.7 Å². The zero-order valence-electron chi connectivity index (χ0n) is 13.2. The number of ketones is 1. The highest BCUT2D eigenvalue weighted by Gasteiger charge is 2.24. The Hall–Kier alpha value is -1.20. The fraction of sp³-hybridized carbons (Fsp3) is 0.389. The van der Waals surface area contributed by atoms with E-state index in [4.69, 9.17) is 21.1 Å². The Labute approximate surface area is 145 Å². The van der Waals surface area contributed by atoms with Gasteiger partial charge in [0.25, 0.3) is 0 Å². The Bertz CT molecular complexity index is 717. The molecular formula is C18H19ClO3S. The first-order valence-electron chi connectivity index (χ1n) is 7.76. The molecule has 0 radical (unpaired) electrons. The summed E-state index contributed by atoms with van der Waals surface area (Å²) in [4.78, 5) is 14.9.